The maximum absolute atomic E-state index is 11.5. The fourth-order valence-electron chi connectivity index (χ4n) is 2.57. The first-order chi connectivity index (χ1) is 9.58. The van der Waals surface area contributed by atoms with E-state index in [4.69, 9.17) is 15.9 Å². The Bertz CT molecular complexity index is 718. The molecule has 6 heteroatoms. The van der Waals surface area contributed by atoms with Crippen LogP contribution in [0.2, 0.25) is 0 Å². The first-order valence-electron chi connectivity index (χ1n) is 6.18. The fraction of sp³-hybridized carbons (Fsp3) is 0.143. The van der Waals surface area contributed by atoms with E-state index in [0.29, 0.717) is 12.2 Å². The van der Waals surface area contributed by atoms with Gasteiger partial charge in [0.1, 0.15) is 5.76 Å². The maximum Gasteiger partial charge on any atom is 0.316 e. The van der Waals surface area contributed by atoms with Gasteiger partial charge >= 0.3 is 6.03 Å². The summed E-state index contributed by atoms with van der Waals surface area (Å²) >= 11 is 0. The number of benzene rings is 1. The first kappa shape index (κ1) is 12.3. The maximum atomic E-state index is 11.5. The number of carbonyl (C=O) groups excluding carboxylic acids is 2. The van der Waals surface area contributed by atoms with Gasteiger partial charge in [0, 0.05) is 11.1 Å². The summed E-state index contributed by atoms with van der Waals surface area (Å²) in [6.45, 7) is 0. The minimum absolute atomic E-state index is 0.0643. The van der Waals surface area contributed by atoms with Crippen molar-refractivity contribution >= 4 is 17.6 Å². The summed E-state index contributed by atoms with van der Waals surface area (Å²) in [5, 5.41) is 2.44. The Hall–Kier alpha value is -2.76. The molecular weight excluding hydrogens is 258 g/mol. The van der Waals surface area contributed by atoms with Crippen LogP contribution < -0.4 is 16.8 Å². The van der Waals surface area contributed by atoms with Gasteiger partial charge in [0.25, 0.3) is 5.91 Å². The van der Waals surface area contributed by atoms with Crippen molar-refractivity contribution in [2.75, 3.05) is 5.32 Å². The third kappa shape index (κ3) is 1.82. The smallest absolute Gasteiger partial charge is 0.316 e. The molecule has 5 N–H and O–H groups in total. The molecule has 1 heterocycles. The summed E-state index contributed by atoms with van der Waals surface area (Å²) in [6, 6.07) is 7.00. The molecule has 0 radical (unpaired) electrons. The lowest BCUT2D eigenvalue weighted by Gasteiger charge is -2.15. The minimum atomic E-state index is -0.755. The van der Waals surface area contributed by atoms with Gasteiger partial charge in [-0.15, -0.1) is 0 Å². The lowest BCUT2D eigenvalue weighted by molar-refractivity contribution is 0.0976. The van der Waals surface area contributed by atoms with E-state index in [1.807, 2.05) is 24.3 Å². The van der Waals surface area contributed by atoms with Gasteiger partial charge in [0.15, 0.2) is 0 Å². The lowest BCUT2D eigenvalue weighted by atomic mass is 9.90. The van der Waals surface area contributed by atoms with Crippen LogP contribution in [0.15, 0.2) is 28.7 Å². The van der Waals surface area contributed by atoms with Crippen LogP contribution in [0, 0.1) is 0 Å². The Morgan fingerprint density at radius 1 is 1.15 bits per heavy atom. The summed E-state index contributed by atoms with van der Waals surface area (Å²) in [4.78, 5) is 22.6. The molecule has 0 unspecified atom stereocenters. The summed E-state index contributed by atoms with van der Waals surface area (Å²) in [5.41, 5.74) is 13.5. The molecule has 0 bridgehead atoms. The van der Waals surface area contributed by atoms with E-state index in [1.54, 1.807) is 0 Å². The van der Waals surface area contributed by atoms with E-state index < -0.39 is 11.9 Å². The van der Waals surface area contributed by atoms with Crippen LogP contribution in [-0.4, -0.2) is 11.9 Å². The molecule has 0 fully saturated rings. The summed E-state index contributed by atoms with van der Waals surface area (Å²) in [5.74, 6) is -0.226. The zero-order valence-electron chi connectivity index (χ0n) is 10.6. The number of anilines is 1. The predicted molar refractivity (Wildman–Crippen MR) is 73.3 cm³/mol. The van der Waals surface area contributed by atoms with Crippen molar-refractivity contribution in [3.8, 4) is 11.3 Å². The van der Waals surface area contributed by atoms with E-state index in [0.717, 1.165) is 23.1 Å². The van der Waals surface area contributed by atoms with Crippen LogP contribution in [0.3, 0.4) is 0 Å². The normalized spacial score (nSPS) is 12.4. The first-order valence-corrected chi connectivity index (χ1v) is 6.18. The molecule has 0 aliphatic heterocycles. The second-order valence-electron chi connectivity index (χ2n) is 4.62. The Kier molecular flexibility index (Phi) is 2.71. The van der Waals surface area contributed by atoms with Gasteiger partial charge < -0.3 is 21.2 Å². The molecule has 6 nitrogen and oxygen atoms in total. The number of amides is 3. The average molecular weight is 271 g/mol. The Morgan fingerprint density at radius 2 is 1.90 bits per heavy atom. The van der Waals surface area contributed by atoms with Crippen molar-refractivity contribution in [3.05, 3.63) is 41.2 Å². The number of aryl methyl sites for hydroxylation is 1. The molecule has 102 valence electrons. The zero-order valence-corrected chi connectivity index (χ0v) is 10.6. The molecule has 0 atom stereocenters. The zero-order chi connectivity index (χ0) is 14.3. The van der Waals surface area contributed by atoms with Crippen LogP contribution in [-0.2, 0) is 12.8 Å². The standard InChI is InChI=1S/C14H13N3O3/c15-13(18)12-10(17-14(16)19)9-6-5-7-3-1-2-4-8(7)11(9)20-12/h1-4H,5-6H2,(H2,15,18)(H3,16,17,19). The summed E-state index contributed by atoms with van der Waals surface area (Å²) in [7, 11) is 0. The van der Waals surface area contributed by atoms with Crippen LogP contribution in [0.25, 0.3) is 11.3 Å². The van der Waals surface area contributed by atoms with E-state index in [2.05, 4.69) is 5.32 Å². The highest BCUT2D eigenvalue weighted by Gasteiger charge is 2.28. The Balaban J connectivity index is 2.22. The SMILES string of the molecule is NC(=O)Nc1c(C(N)=O)oc2c1CCc1ccccc1-2. The molecule has 2 aromatic rings. The number of hydrogen-bond acceptors (Lipinski definition) is 3. The number of rotatable bonds is 2. The lowest BCUT2D eigenvalue weighted by Crippen LogP contribution is -2.22. The summed E-state index contributed by atoms with van der Waals surface area (Å²) in [6.07, 6.45) is 1.45. The second-order valence-corrected chi connectivity index (χ2v) is 4.62. The van der Waals surface area contributed by atoms with Crippen molar-refractivity contribution < 1.29 is 14.0 Å². The monoisotopic (exact) mass is 271 g/mol. The third-order valence-corrected chi connectivity index (χ3v) is 3.39. The Morgan fingerprint density at radius 3 is 2.60 bits per heavy atom. The highest BCUT2D eigenvalue weighted by Crippen LogP contribution is 2.41. The van der Waals surface area contributed by atoms with Crippen molar-refractivity contribution in [3.63, 3.8) is 0 Å². The number of nitrogens with one attached hydrogen (secondary N) is 1. The quantitative estimate of drug-likeness (QED) is 0.771. The van der Waals surface area contributed by atoms with E-state index >= 15 is 0 Å². The van der Waals surface area contributed by atoms with E-state index in [1.165, 1.54) is 0 Å². The molecule has 1 aromatic heterocycles. The van der Waals surface area contributed by atoms with Crippen molar-refractivity contribution in [1.82, 2.24) is 0 Å². The second kappa shape index (κ2) is 4.41. The molecule has 1 aliphatic carbocycles. The third-order valence-electron chi connectivity index (χ3n) is 3.39. The largest absolute Gasteiger partial charge is 0.448 e. The van der Waals surface area contributed by atoms with Gasteiger partial charge in [0.2, 0.25) is 5.76 Å². The molecule has 3 amide bonds. The van der Waals surface area contributed by atoms with Gasteiger partial charge in [0.05, 0.1) is 5.69 Å². The molecule has 3 rings (SSSR count). The van der Waals surface area contributed by atoms with Crippen LogP contribution >= 0.6 is 0 Å². The molecule has 1 aromatic carbocycles. The van der Waals surface area contributed by atoms with Crippen molar-refractivity contribution in [1.29, 1.82) is 0 Å². The number of urea groups is 1. The highest BCUT2D eigenvalue weighted by molar-refractivity contribution is 6.03. The number of furan rings is 1. The minimum Gasteiger partial charge on any atom is -0.448 e. The predicted octanol–water partition coefficient (Wildman–Crippen LogP) is 1.63. The molecule has 1 aliphatic rings. The van der Waals surface area contributed by atoms with Crippen molar-refractivity contribution in [2.24, 2.45) is 11.5 Å². The molecule has 20 heavy (non-hydrogen) atoms. The topological polar surface area (TPSA) is 111 Å². The number of fused-ring (bicyclic) bond motifs is 3. The van der Waals surface area contributed by atoms with Gasteiger partial charge in [-0.25, -0.2) is 4.79 Å². The van der Waals surface area contributed by atoms with E-state index in [-0.39, 0.29) is 11.4 Å². The number of hydrogen-bond donors (Lipinski definition) is 3. The number of carbonyl (C=O) groups is 2. The van der Waals surface area contributed by atoms with Crippen LogP contribution in [0.4, 0.5) is 10.5 Å². The fourth-order valence-corrected chi connectivity index (χ4v) is 2.57. The van der Waals surface area contributed by atoms with Gasteiger partial charge in [-0.3, -0.25) is 4.79 Å². The highest BCUT2D eigenvalue weighted by atomic mass is 16.4. The molecule has 0 spiro atoms. The van der Waals surface area contributed by atoms with Crippen LogP contribution in [0.5, 0.6) is 0 Å². The van der Waals surface area contributed by atoms with Crippen molar-refractivity contribution in [2.45, 2.75) is 12.8 Å². The molecular formula is C14H13N3O3. The number of primary amides is 2. The van der Waals surface area contributed by atoms with Gasteiger partial charge in [-0.2, -0.15) is 0 Å². The Labute approximate surface area is 114 Å². The van der Waals surface area contributed by atoms with E-state index in [9.17, 15) is 9.59 Å². The number of nitrogens with two attached hydrogens (primary N) is 2. The average Bonchev–Trinajstić information content (AvgIpc) is 2.77. The molecule has 0 saturated heterocycles. The van der Waals surface area contributed by atoms with Gasteiger partial charge in [-0.05, 0) is 18.4 Å². The van der Waals surface area contributed by atoms with Crippen LogP contribution in [0.1, 0.15) is 21.7 Å². The summed E-state index contributed by atoms with van der Waals surface area (Å²) < 4.78 is 5.58. The molecule has 0 saturated carbocycles. The van der Waals surface area contributed by atoms with Gasteiger partial charge in [-0.1, -0.05) is 24.3 Å².